The summed E-state index contributed by atoms with van der Waals surface area (Å²) in [5.41, 5.74) is 3.26. The number of amides is 1. The van der Waals surface area contributed by atoms with E-state index in [0.29, 0.717) is 18.5 Å². The first kappa shape index (κ1) is 17.7. The minimum atomic E-state index is -0.474. The van der Waals surface area contributed by atoms with Crippen LogP contribution in [0, 0.1) is 17.0 Å². The summed E-state index contributed by atoms with van der Waals surface area (Å²) in [6, 6.07) is 9.54. The molecule has 0 saturated carbocycles. The van der Waals surface area contributed by atoms with E-state index in [2.05, 4.69) is 10.3 Å². The van der Waals surface area contributed by atoms with Crippen molar-refractivity contribution in [2.24, 2.45) is 0 Å². The van der Waals surface area contributed by atoms with Crippen molar-refractivity contribution in [3.63, 3.8) is 0 Å². The quantitative estimate of drug-likeness (QED) is 0.556. The number of benzene rings is 2. The number of aromatic nitrogens is 2. The van der Waals surface area contributed by atoms with E-state index < -0.39 is 4.92 Å². The Bertz CT molecular complexity index is 1040. The summed E-state index contributed by atoms with van der Waals surface area (Å²) in [6.07, 6.45) is 5.75. The Morgan fingerprint density at radius 3 is 2.79 bits per heavy atom. The summed E-state index contributed by atoms with van der Waals surface area (Å²) in [6.45, 7) is 2.21. The van der Waals surface area contributed by atoms with E-state index in [9.17, 15) is 14.9 Å². The Morgan fingerprint density at radius 1 is 1.32 bits per heavy atom. The summed E-state index contributed by atoms with van der Waals surface area (Å²) in [7, 11) is 0. The lowest BCUT2D eigenvalue weighted by molar-refractivity contribution is -0.386. The van der Waals surface area contributed by atoms with Gasteiger partial charge in [0.25, 0.3) is 5.91 Å². The van der Waals surface area contributed by atoms with Crippen LogP contribution < -0.4 is 10.1 Å². The second-order valence-electron chi connectivity index (χ2n) is 6.56. The lowest BCUT2D eigenvalue weighted by atomic mass is 9.95. The van der Waals surface area contributed by atoms with Crippen molar-refractivity contribution in [1.29, 1.82) is 0 Å². The third kappa shape index (κ3) is 3.20. The highest BCUT2D eigenvalue weighted by Crippen LogP contribution is 2.38. The normalized spacial score (nSPS) is 13.2. The van der Waals surface area contributed by atoms with Gasteiger partial charge in [0, 0.05) is 23.6 Å². The van der Waals surface area contributed by atoms with Crippen molar-refractivity contribution in [3.8, 4) is 11.4 Å². The maximum Gasteiger partial charge on any atom is 0.314 e. The number of rotatable bonds is 4. The second-order valence-corrected chi connectivity index (χ2v) is 6.56. The predicted molar refractivity (Wildman–Crippen MR) is 102 cm³/mol. The lowest BCUT2D eigenvalue weighted by Crippen LogP contribution is -2.24. The van der Waals surface area contributed by atoms with Crippen LogP contribution in [0.2, 0.25) is 0 Å². The van der Waals surface area contributed by atoms with Crippen molar-refractivity contribution in [2.75, 3.05) is 13.2 Å². The number of ether oxygens (including phenoxy) is 1. The van der Waals surface area contributed by atoms with Gasteiger partial charge in [-0.15, -0.1) is 0 Å². The average Bonchev–Trinajstić information content (AvgIpc) is 3.15. The van der Waals surface area contributed by atoms with Gasteiger partial charge >= 0.3 is 5.69 Å². The summed E-state index contributed by atoms with van der Waals surface area (Å²) < 4.78 is 7.41. The predicted octanol–water partition coefficient (Wildman–Crippen LogP) is 2.80. The maximum atomic E-state index is 12.3. The first-order chi connectivity index (χ1) is 13.5. The summed E-state index contributed by atoms with van der Waals surface area (Å²) in [4.78, 5) is 27.6. The fourth-order valence-corrected chi connectivity index (χ4v) is 3.35. The number of nitro benzene ring substituents is 1. The number of nitrogens with one attached hydrogen (secondary N) is 1. The highest BCUT2D eigenvalue weighted by molar-refractivity contribution is 5.99. The Hall–Kier alpha value is -3.68. The molecule has 3 aromatic rings. The minimum Gasteiger partial charge on any atom is -0.484 e. The van der Waals surface area contributed by atoms with Crippen molar-refractivity contribution < 1.29 is 14.5 Å². The monoisotopic (exact) mass is 378 g/mol. The molecule has 0 spiro atoms. The molecule has 142 valence electrons. The molecule has 0 unspecified atom stereocenters. The number of carbonyl (C=O) groups excluding carboxylic acids is 1. The molecule has 0 radical (unpaired) electrons. The van der Waals surface area contributed by atoms with E-state index >= 15 is 0 Å². The van der Waals surface area contributed by atoms with Crippen molar-refractivity contribution in [2.45, 2.75) is 13.3 Å². The Labute approximate surface area is 160 Å². The van der Waals surface area contributed by atoms with E-state index in [1.807, 2.05) is 35.0 Å². The number of nitro groups is 1. The van der Waals surface area contributed by atoms with Gasteiger partial charge in [-0.1, -0.05) is 12.1 Å². The minimum absolute atomic E-state index is 0.0525. The van der Waals surface area contributed by atoms with Gasteiger partial charge in [-0.25, -0.2) is 4.98 Å². The van der Waals surface area contributed by atoms with Gasteiger partial charge in [-0.2, -0.15) is 0 Å². The first-order valence-electron chi connectivity index (χ1n) is 8.83. The Morgan fingerprint density at radius 2 is 2.11 bits per heavy atom. The highest BCUT2D eigenvalue weighted by atomic mass is 16.6. The molecule has 1 aliphatic rings. The number of fused-ring (bicyclic) bond motifs is 1. The molecule has 0 atom stereocenters. The summed E-state index contributed by atoms with van der Waals surface area (Å²) >= 11 is 0. The van der Waals surface area contributed by atoms with Crippen LogP contribution in [0.25, 0.3) is 5.69 Å². The molecule has 0 aliphatic carbocycles. The SMILES string of the molecule is Cc1c(Cc2ccc(-n3ccnc3)cc2)cc2c(c1[N+](=O)[O-])OCCNC2=O. The van der Waals surface area contributed by atoms with Crippen LogP contribution in [0.5, 0.6) is 5.75 Å². The number of nitrogens with zero attached hydrogens (tertiary/aromatic N) is 3. The van der Waals surface area contributed by atoms with Crippen LogP contribution in [-0.2, 0) is 6.42 Å². The van der Waals surface area contributed by atoms with E-state index in [-0.39, 0.29) is 29.5 Å². The molecule has 1 amide bonds. The second kappa shape index (κ2) is 7.15. The molecular weight excluding hydrogens is 360 g/mol. The zero-order valence-corrected chi connectivity index (χ0v) is 15.2. The van der Waals surface area contributed by atoms with Gasteiger partial charge in [0.05, 0.1) is 23.4 Å². The van der Waals surface area contributed by atoms with Crippen LogP contribution in [0.15, 0.2) is 49.1 Å². The fourth-order valence-electron chi connectivity index (χ4n) is 3.35. The van der Waals surface area contributed by atoms with E-state index in [0.717, 1.165) is 16.8 Å². The highest BCUT2D eigenvalue weighted by Gasteiger charge is 2.30. The van der Waals surface area contributed by atoms with E-state index in [1.165, 1.54) is 0 Å². The molecule has 28 heavy (non-hydrogen) atoms. The van der Waals surface area contributed by atoms with Crippen molar-refractivity contribution in [1.82, 2.24) is 14.9 Å². The standard InChI is InChI=1S/C20H18N4O4/c1-13-15(10-14-2-4-16(5-3-14)23-8-6-21-12-23)11-17-19(18(13)24(26)27)28-9-7-22-20(17)25/h2-6,8,11-12H,7,9-10H2,1H3,(H,22,25). The number of carbonyl (C=O) groups is 1. The molecule has 0 bridgehead atoms. The van der Waals surface area contributed by atoms with Crippen LogP contribution in [0.1, 0.15) is 27.0 Å². The fraction of sp³-hybridized carbons (Fsp3) is 0.200. The lowest BCUT2D eigenvalue weighted by Gasteiger charge is -2.13. The van der Waals surface area contributed by atoms with Gasteiger partial charge in [0.15, 0.2) is 0 Å². The van der Waals surface area contributed by atoms with Gasteiger partial charge in [0.2, 0.25) is 5.75 Å². The summed E-state index contributed by atoms with van der Waals surface area (Å²) in [5, 5.41) is 14.4. The van der Waals surface area contributed by atoms with Crippen molar-refractivity contribution >= 4 is 11.6 Å². The Balaban J connectivity index is 1.72. The van der Waals surface area contributed by atoms with Gasteiger partial charge in [0.1, 0.15) is 6.61 Å². The van der Waals surface area contributed by atoms with Crippen molar-refractivity contribution in [3.05, 3.63) is 81.4 Å². The number of hydrogen-bond donors (Lipinski definition) is 1. The molecule has 1 aromatic heterocycles. The third-order valence-corrected chi connectivity index (χ3v) is 4.81. The zero-order valence-electron chi connectivity index (χ0n) is 15.2. The molecule has 1 aliphatic heterocycles. The third-order valence-electron chi connectivity index (χ3n) is 4.81. The number of imidazole rings is 1. The van der Waals surface area contributed by atoms with Crippen LogP contribution in [-0.4, -0.2) is 33.5 Å². The molecule has 2 aromatic carbocycles. The van der Waals surface area contributed by atoms with Gasteiger partial charge < -0.3 is 14.6 Å². The molecule has 0 saturated heterocycles. The zero-order chi connectivity index (χ0) is 19.7. The smallest absolute Gasteiger partial charge is 0.314 e. The molecule has 0 fully saturated rings. The topological polar surface area (TPSA) is 99.3 Å². The van der Waals surface area contributed by atoms with E-state index in [1.54, 1.807) is 25.5 Å². The summed E-state index contributed by atoms with van der Waals surface area (Å²) in [5.74, 6) is -0.302. The molecule has 1 N–H and O–H groups in total. The largest absolute Gasteiger partial charge is 0.484 e. The van der Waals surface area contributed by atoms with Crippen LogP contribution >= 0.6 is 0 Å². The molecule has 8 nitrogen and oxygen atoms in total. The molecular formula is C20H18N4O4. The average molecular weight is 378 g/mol. The molecule has 2 heterocycles. The van der Waals surface area contributed by atoms with Gasteiger partial charge in [-0.3, -0.25) is 14.9 Å². The van der Waals surface area contributed by atoms with Crippen LogP contribution in [0.4, 0.5) is 5.69 Å². The molecule has 8 heteroatoms. The molecule has 4 rings (SSSR count). The first-order valence-corrected chi connectivity index (χ1v) is 8.83. The van der Waals surface area contributed by atoms with Crippen LogP contribution in [0.3, 0.4) is 0 Å². The number of hydrogen-bond acceptors (Lipinski definition) is 5. The van der Waals surface area contributed by atoms with Gasteiger partial charge in [-0.05, 0) is 42.7 Å². The van der Waals surface area contributed by atoms with E-state index in [4.69, 9.17) is 4.74 Å². The Kier molecular flexibility index (Phi) is 4.52. The maximum absolute atomic E-state index is 12.3.